The van der Waals surface area contributed by atoms with Gasteiger partial charge < -0.3 is 20.1 Å². The number of halogens is 2. The lowest BCUT2D eigenvalue weighted by Crippen LogP contribution is -2.29. The van der Waals surface area contributed by atoms with Crippen molar-refractivity contribution in [1.82, 2.24) is 0 Å². The number of benzene rings is 2. The van der Waals surface area contributed by atoms with Crippen LogP contribution < -0.4 is 20.1 Å². The highest BCUT2D eigenvalue weighted by molar-refractivity contribution is 6.45. The quantitative estimate of drug-likeness (QED) is 0.808. The topological polar surface area (TPSA) is 76.7 Å². The van der Waals surface area contributed by atoms with E-state index in [2.05, 4.69) is 10.6 Å². The fraction of sp³-hybridized carbons (Fsp3) is 0.125. The molecule has 0 aliphatic heterocycles. The lowest BCUT2D eigenvalue weighted by Gasteiger charge is -2.11. The van der Waals surface area contributed by atoms with Crippen LogP contribution in [0, 0.1) is 0 Å². The Morgan fingerprint density at radius 2 is 1.54 bits per heavy atom. The highest BCUT2D eigenvalue weighted by atomic mass is 35.5. The summed E-state index contributed by atoms with van der Waals surface area (Å²) < 4.78 is 10.2. The molecule has 0 unspecified atom stereocenters. The molecule has 0 aliphatic rings. The van der Waals surface area contributed by atoms with Gasteiger partial charge in [0, 0.05) is 16.8 Å². The van der Waals surface area contributed by atoms with Crippen molar-refractivity contribution in [1.29, 1.82) is 0 Å². The first-order valence-corrected chi connectivity index (χ1v) is 7.49. The number of amides is 2. The first kappa shape index (κ1) is 17.9. The highest BCUT2D eigenvalue weighted by Gasteiger charge is 2.16. The minimum atomic E-state index is -0.867. The van der Waals surface area contributed by atoms with Crippen molar-refractivity contribution in [3.63, 3.8) is 0 Å². The zero-order valence-electron chi connectivity index (χ0n) is 12.9. The maximum absolute atomic E-state index is 12.0. The van der Waals surface area contributed by atoms with E-state index in [-0.39, 0.29) is 10.7 Å². The van der Waals surface area contributed by atoms with Gasteiger partial charge in [-0.15, -0.1) is 0 Å². The van der Waals surface area contributed by atoms with Crippen LogP contribution in [0.2, 0.25) is 10.0 Å². The zero-order chi connectivity index (χ0) is 17.7. The molecular formula is C16H14Cl2N2O4. The predicted molar refractivity (Wildman–Crippen MR) is 93.3 cm³/mol. The Labute approximate surface area is 148 Å². The number of rotatable bonds is 4. The Kier molecular flexibility index (Phi) is 5.89. The van der Waals surface area contributed by atoms with Crippen LogP contribution in [0.25, 0.3) is 0 Å². The van der Waals surface area contributed by atoms with Gasteiger partial charge >= 0.3 is 11.8 Å². The third-order valence-electron chi connectivity index (χ3n) is 3.03. The van der Waals surface area contributed by atoms with Gasteiger partial charge in [0.1, 0.15) is 0 Å². The number of carbonyl (C=O) groups is 2. The van der Waals surface area contributed by atoms with Crippen molar-refractivity contribution in [3.05, 3.63) is 46.4 Å². The van der Waals surface area contributed by atoms with Gasteiger partial charge in [-0.1, -0.05) is 23.2 Å². The lowest BCUT2D eigenvalue weighted by molar-refractivity contribution is -0.132. The normalized spacial score (nSPS) is 10.0. The molecule has 0 heterocycles. The van der Waals surface area contributed by atoms with Gasteiger partial charge in [-0.05, 0) is 30.3 Å². The Bertz CT molecular complexity index is 781. The molecule has 0 aromatic heterocycles. The van der Waals surface area contributed by atoms with Crippen LogP contribution in [0.3, 0.4) is 0 Å². The summed E-state index contributed by atoms with van der Waals surface area (Å²) in [5.41, 5.74) is 0.670. The number of anilines is 2. The number of carbonyl (C=O) groups excluding carboxylic acids is 2. The van der Waals surface area contributed by atoms with Gasteiger partial charge in [-0.3, -0.25) is 9.59 Å². The first-order valence-electron chi connectivity index (χ1n) is 6.74. The largest absolute Gasteiger partial charge is 0.493 e. The molecular weight excluding hydrogens is 355 g/mol. The summed E-state index contributed by atoms with van der Waals surface area (Å²) >= 11 is 11.7. The molecule has 0 aliphatic carbocycles. The monoisotopic (exact) mass is 368 g/mol. The SMILES string of the molecule is COc1ccc(NC(=O)C(=O)Nc2ccc(Cl)cc2Cl)cc1OC. The number of ether oxygens (including phenoxy) is 2. The van der Waals surface area contributed by atoms with Crippen LogP contribution in [-0.4, -0.2) is 26.0 Å². The molecule has 0 fully saturated rings. The highest BCUT2D eigenvalue weighted by Crippen LogP contribution is 2.30. The molecule has 2 amide bonds. The van der Waals surface area contributed by atoms with Gasteiger partial charge in [0.05, 0.1) is 24.9 Å². The van der Waals surface area contributed by atoms with Crippen LogP contribution >= 0.6 is 23.2 Å². The summed E-state index contributed by atoms with van der Waals surface area (Å²) in [6.07, 6.45) is 0. The number of hydrogen-bond donors (Lipinski definition) is 2. The van der Waals surface area contributed by atoms with Crippen molar-refractivity contribution in [2.24, 2.45) is 0 Å². The predicted octanol–water partition coefficient (Wildman–Crippen LogP) is 3.59. The van der Waals surface area contributed by atoms with Gasteiger partial charge in [0.2, 0.25) is 0 Å². The Morgan fingerprint density at radius 1 is 0.875 bits per heavy atom. The van der Waals surface area contributed by atoms with Gasteiger partial charge in [0.25, 0.3) is 0 Å². The van der Waals surface area contributed by atoms with E-state index in [1.807, 2.05) is 0 Å². The van der Waals surface area contributed by atoms with Crippen molar-refractivity contribution >= 4 is 46.4 Å². The molecule has 2 N–H and O–H groups in total. The Morgan fingerprint density at radius 3 is 2.17 bits per heavy atom. The van der Waals surface area contributed by atoms with Gasteiger partial charge in [-0.2, -0.15) is 0 Å². The second-order valence-corrected chi connectivity index (χ2v) is 5.45. The third kappa shape index (κ3) is 4.31. The van der Waals surface area contributed by atoms with E-state index >= 15 is 0 Å². The van der Waals surface area contributed by atoms with Gasteiger partial charge in [-0.25, -0.2) is 0 Å². The molecule has 6 nitrogen and oxygen atoms in total. The first-order chi connectivity index (χ1) is 11.4. The number of nitrogens with one attached hydrogen (secondary N) is 2. The van der Waals surface area contributed by atoms with E-state index in [9.17, 15) is 9.59 Å². The molecule has 0 atom stereocenters. The number of hydrogen-bond acceptors (Lipinski definition) is 4. The molecule has 8 heteroatoms. The summed E-state index contributed by atoms with van der Waals surface area (Å²) in [7, 11) is 2.97. The standard InChI is InChI=1S/C16H14Cl2N2O4/c1-23-13-6-4-10(8-14(13)24-2)19-15(21)16(22)20-12-5-3-9(17)7-11(12)18/h3-8H,1-2H3,(H,19,21)(H,20,22). The van der Waals surface area contributed by atoms with Crippen molar-refractivity contribution in [2.45, 2.75) is 0 Å². The second kappa shape index (κ2) is 7.90. The van der Waals surface area contributed by atoms with E-state index in [1.54, 1.807) is 24.3 Å². The Balaban J connectivity index is 2.07. The van der Waals surface area contributed by atoms with Crippen LogP contribution in [0.1, 0.15) is 0 Å². The lowest BCUT2D eigenvalue weighted by atomic mass is 10.2. The summed E-state index contributed by atoms with van der Waals surface area (Å²) in [4.78, 5) is 23.9. The van der Waals surface area contributed by atoms with Crippen molar-refractivity contribution in [3.8, 4) is 11.5 Å². The molecule has 0 bridgehead atoms. The van der Waals surface area contributed by atoms with Crippen LogP contribution in [0.15, 0.2) is 36.4 Å². The molecule has 24 heavy (non-hydrogen) atoms. The second-order valence-electron chi connectivity index (χ2n) is 4.60. The van der Waals surface area contributed by atoms with Crippen molar-refractivity contribution in [2.75, 3.05) is 24.9 Å². The van der Waals surface area contributed by atoms with Crippen LogP contribution in [-0.2, 0) is 9.59 Å². The molecule has 0 radical (unpaired) electrons. The molecule has 2 rings (SSSR count). The summed E-state index contributed by atoms with van der Waals surface area (Å²) in [5.74, 6) is -0.786. The fourth-order valence-electron chi connectivity index (χ4n) is 1.87. The van der Waals surface area contributed by atoms with Crippen LogP contribution in [0.4, 0.5) is 11.4 Å². The smallest absolute Gasteiger partial charge is 0.314 e. The Hall–Kier alpha value is -2.44. The van der Waals surface area contributed by atoms with E-state index in [0.29, 0.717) is 22.2 Å². The molecule has 0 spiro atoms. The van der Waals surface area contributed by atoms with E-state index < -0.39 is 11.8 Å². The summed E-state index contributed by atoms with van der Waals surface area (Å²) in [6, 6.07) is 9.26. The summed E-state index contributed by atoms with van der Waals surface area (Å²) in [6.45, 7) is 0. The van der Waals surface area contributed by atoms with E-state index in [0.717, 1.165) is 0 Å². The average Bonchev–Trinajstić information content (AvgIpc) is 2.57. The van der Waals surface area contributed by atoms with Gasteiger partial charge in [0.15, 0.2) is 11.5 Å². The fourth-order valence-corrected chi connectivity index (χ4v) is 2.33. The van der Waals surface area contributed by atoms with Crippen LogP contribution in [0.5, 0.6) is 11.5 Å². The van der Waals surface area contributed by atoms with E-state index in [1.165, 1.54) is 26.4 Å². The summed E-state index contributed by atoms with van der Waals surface area (Å²) in [5, 5.41) is 5.53. The maximum atomic E-state index is 12.0. The third-order valence-corrected chi connectivity index (χ3v) is 3.57. The molecule has 2 aromatic rings. The minimum absolute atomic E-state index is 0.231. The zero-order valence-corrected chi connectivity index (χ0v) is 14.4. The minimum Gasteiger partial charge on any atom is -0.493 e. The molecule has 2 aromatic carbocycles. The molecule has 126 valence electrons. The molecule has 0 saturated carbocycles. The maximum Gasteiger partial charge on any atom is 0.314 e. The van der Waals surface area contributed by atoms with Crippen molar-refractivity contribution < 1.29 is 19.1 Å². The average molecular weight is 369 g/mol. The van der Waals surface area contributed by atoms with E-state index in [4.69, 9.17) is 32.7 Å². The number of methoxy groups -OCH3 is 2. The molecule has 0 saturated heterocycles.